The molecule has 1 fully saturated rings. The summed E-state index contributed by atoms with van der Waals surface area (Å²) in [5.74, 6) is -1.08. The summed E-state index contributed by atoms with van der Waals surface area (Å²) in [6.45, 7) is 8.23. The van der Waals surface area contributed by atoms with Crippen LogP contribution >= 0.6 is 0 Å². The van der Waals surface area contributed by atoms with Gasteiger partial charge in [-0.2, -0.15) is 0 Å². The maximum Gasteiger partial charge on any atom is 0.169 e. The normalized spacial score (nSPS) is 17.4. The molecule has 1 saturated heterocycles. The minimum atomic E-state index is -1.08. The molecule has 1 unspecified atom stereocenters. The molecule has 0 N–H and O–H groups in total. The molecule has 1 heterocycles. The Morgan fingerprint density at radius 1 is 1.30 bits per heavy atom. The summed E-state index contributed by atoms with van der Waals surface area (Å²) < 4.78 is 8.31. The van der Waals surface area contributed by atoms with Crippen molar-refractivity contribution in [3.8, 4) is 0 Å². The van der Waals surface area contributed by atoms with Gasteiger partial charge in [0.15, 0.2) is 6.54 Å². The molecule has 0 saturated carbocycles. The van der Waals surface area contributed by atoms with Crippen LogP contribution in [0.1, 0.15) is 32.8 Å². The van der Waals surface area contributed by atoms with Gasteiger partial charge in [0, 0.05) is 26.2 Å². The molecule has 0 amide bonds. The van der Waals surface area contributed by atoms with E-state index in [1.165, 1.54) is 11.3 Å². The zero-order valence-electron chi connectivity index (χ0n) is 12.5. The van der Waals surface area contributed by atoms with E-state index in [-0.39, 0.29) is 0 Å². The summed E-state index contributed by atoms with van der Waals surface area (Å²) in [5.41, 5.74) is 2.66. The number of aliphatic carboxylic acids is 1. The first-order valence-electron chi connectivity index (χ1n) is 6.87. The van der Waals surface area contributed by atoms with Gasteiger partial charge in [-0.05, 0) is 12.5 Å². The van der Waals surface area contributed by atoms with Crippen LogP contribution in [0.5, 0.6) is 0 Å². The summed E-state index contributed by atoms with van der Waals surface area (Å²) in [4.78, 5) is 8.89. The van der Waals surface area contributed by atoms with Crippen molar-refractivity contribution >= 4 is 11.7 Å². The number of carbonyl (C=O) groups excluding carboxylic acids is 1. The Bertz CT molecular complexity index is 446. The van der Waals surface area contributed by atoms with E-state index in [2.05, 4.69) is 42.7 Å². The number of rotatable bonds is 3. The highest BCUT2D eigenvalue weighted by Crippen LogP contribution is 2.11. The van der Waals surface area contributed by atoms with Crippen molar-refractivity contribution in [3.05, 3.63) is 35.9 Å². The van der Waals surface area contributed by atoms with Gasteiger partial charge in [-0.1, -0.05) is 30.3 Å². The van der Waals surface area contributed by atoms with Crippen LogP contribution in [0.3, 0.4) is 0 Å². The Morgan fingerprint density at radius 3 is 2.40 bits per heavy atom. The van der Waals surface area contributed by atoms with Gasteiger partial charge in [-0.3, -0.25) is 0 Å². The number of ether oxygens (including phenoxy) is 1. The lowest BCUT2D eigenvalue weighted by Crippen LogP contribution is -2.18. The predicted molar refractivity (Wildman–Crippen MR) is 76.7 cm³/mol. The average molecular weight is 277 g/mol. The molecule has 2 rings (SSSR count). The molecule has 1 aliphatic heterocycles. The third-order valence-corrected chi connectivity index (χ3v) is 3.11. The van der Waals surface area contributed by atoms with Gasteiger partial charge in [-0.15, -0.1) is 0 Å². The SMILES string of the molecule is CC(=O)[O-].CC(C)=[N+]1CCC(OCc2ccccc2)C1. The first kappa shape index (κ1) is 16.4. The lowest BCUT2D eigenvalue weighted by atomic mass is 10.2. The second-order valence-electron chi connectivity index (χ2n) is 5.09. The molecule has 0 bridgehead atoms. The minimum absolute atomic E-state index is 0.398. The Hall–Kier alpha value is -1.68. The molecule has 0 radical (unpaired) electrons. The van der Waals surface area contributed by atoms with Crippen molar-refractivity contribution in [1.29, 1.82) is 0 Å². The standard InChI is InChI=1S/C14H20NO.C2H4O2/c1-12(2)15-9-8-14(10-15)16-11-13-6-4-3-5-7-13;1-2(3)4/h3-7,14H,8-11H2,1-2H3;1H3,(H,3,4)/q+1;/p-1. The molecule has 20 heavy (non-hydrogen) atoms. The second kappa shape index (κ2) is 8.48. The van der Waals surface area contributed by atoms with Crippen LogP contribution in [0, 0.1) is 0 Å². The van der Waals surface area contributed by atoms with Crippen LogP contribution in [0.25, 0.3) is 0 Å². The van der Waals surface area contributed by atoms with Crippen LogP contribution < -0.4 is 5.11 Å². The van der Waals surface area contributed by atoms with Crippen LogP contribution in [-0.2, 0) is 16.1 Å². The van der Waals surface area contributed by atoms with Gasteiger partial charge in [0.05, 0.1) is 6.61 Å². The number of hydrogen-bond donors (Lipinski definition) is 0. The van der Waals surface area contributed by atoms with E-state index >= 15 is 0 Å². The molecule has 0 aromatic heterocycles. The van der Waals surface area contributed by atoms with Crippen molar-refractivity contribution in [3.63, 3.8) is 0 Å². The highest BCUT2D eigenvalue weighted by Gasteiger charge is 2.26. The average Bonchev–Trinajstić information content (AvgIpc) is 2.86. The van der Waals surface area contributed by atoms with Crippen molar-refractivity contribution < 1.29 is 19.2 Å². The molecule has 110 valence electrons. The highest BCUT2D eigenvalue weighted by molar-refractivity contribution is 5.73. The lowest BCUT2D eigenvalue weighted by Gasteiger charge is -2.07. The fourth-order valence-corrected chi connectivity index (χ4v) is 2.06. The maximum atomic E-state index is 8.89. The van der Waals surface area contributed by atoms with Gasteiger partial charge in [-0.25, -0.2) is 4.58 Å². The fourth-order valence-electron chi connectivity index (χ4n) is 2.06. The second-order valence-corrected chi connectivity index (χ2v) is 5.09. The smallest absolute Gasteiger partial charge is 0.169 e. The molecule has 1 aliphatic rings. The molecule has 0 spiro atoms. The Kier molecular flexibility index (Phi) is 6.94. The zero-order valence-corrected chi connectivity index (χ0v) is 12.5. The maximum absolute atomic E-state index is 8.89. The molecule has 1 aromatic rings. The zero-order chi connectivity index (χ0) is 15.0. The summed E-state index contributed by atoms with van der Waals surface area (Å²) in [6, 6.07) is 10.4. The fraction of sp³-hybridized carbons (Fsp3) is 0.500. The minimum Gasteiger partial charge on any atom is -0.550 e. The molecular formula is C16H23NO3. The first-order valence-corrected chi connectivity index (χ1v) is 6.87. The van der Waals surface area contributed by atoms with Crippen molar-refractivity contribution in [2.45, 2.75) is 39.9 Å². The number of carbonyl (C=O) groups is 1. The number of nitrogens with zero attached hydrogens (tertiary/aromatic N) is 1. The molecule has 1 atom stereocenters. The molecule has 0 aliphatic carbocycles. The molecule has 1 aromatic carbocycles. The number of carboxylic acid groups (broad SMARTS) is 1. The van der Waals surface area contributed by atoms with Gasteiger partial charge in [0.1, 0.15) is 18.4 Å². The lowest BCUT2D eigenvalue weighted by molar-refractivity contribution is -0.511. The van der Waals surface area contributed by atoms with Gasteiger partial charge < -0.3 is 14.6 Å². The van der Waals surface area contributed by atoms with Crippen LogP contribution in [0.4, 0.5) is 0 Å². The number of benzene rings is 1. The quantitative estimate of drug-likeness (QED) is 0.781. The number of hydrogen-bond acceptors (Lipinski definition) is 3. The summed E-state index contributed by atoms with van der Waals surface area (Å²) in [6.07, 6.45) is 1.55. The van der Waals surface area contributed by atoms with Crippen LogP contribution in [-0.4, -0.2) is 35.4 Å². The molecule has 4 heteroatoms. The van der Waals surface area contributed by atoms with E-state index in [1.54, 1.807) is 0 Å². The first-order chi connectivity index (χ1) is 9.49. The summed E-state index contributed by atoms with van der Waals surface area (Å²) >= 11 is 0. The van der Waals surface area contributed by atoms with E-state index in [0.717, 1.165) is 33.0 Å². The Morgan fingerprint density at radius 2 is 1.90 bits per heavy atom. The van der Waals surface area contributed by atoms with Crippen molar-refractivity contribution in [2.24, 2.45) is 0 Å². The molecular weight excluding hydrogens is 254 g/mol. The summed E-state index contributed by atoms with van der Waals surface area (Å²) in [7, 11) is 0. The van der Waals surface area contributed by atoms with Crippen molar-refractivity contribution in [1.82, 2.24) is 0 Å². The Balaban J connectivity index is 0.000000444. The van der Waals surface area contributed by atoms with Crippen molar-refractivity contribution in [2.75, 3.05) is 13.1 Å². The third-order valence-electron chi connectivity index (χ3n) is 3.11. The predicted octanol–water partition coefficient (Wildman–Crippen LogP) is 1.22. The number of carboxylic acids is 1. The van der Waals surface area contributed by atoms with E-state index in [0.29, 0.717) is 6.10 Å². The largest absolute Gasteiger partial charge is 0.550 e. The monoisotopic (exact) mass is 277 g/mol. The van der Waals surface area contributed by atoms with Gasteiger partial charge in [0.2, 0.25) is 0 Å². The van der Waals surface area contributed by atoms with Crippen LogP contribution in [0.2, 0.25) is 0 Å². The van der Waals surface area contributed by atoms with E-state index in [4.69, 9.17) is 14.6 Å². The Labute approximate surface area is 120 Å². The van der Waals surface area contributed by atoms with E-state index in [1.807, 2.05) is 6.07 Å². The van der Waals surface area contributed by atoms with Crippen LogP contribution in [0.15, 0.2) is 30.3 Å². The van der Waals surface area contributed by atoms with Gasteiger partial charge >= 0.3 is 0 Å². The molecule has 4 nitrogen and oxygen atoms in total. The van der Waals surface area contributed by atoms with E-state index in [9.17, 15) is 0 Å². The van der Waals surface area contributed by atoms with Gasteiger partial charge in [0.25, 0.3) is 0 Å². The topological polar surface area (TPSA) is 52.4 Å². The third kappa shape index (κ3) is 6.48. The summed E-state index contributed by atoms with van der Waals surface area (Å²) in [5, 5.41) is 8.89. The van der Waals surface area contributed by atoms with E-state index < -0.39 is 5.97 Å². The highest BCUT2D eigenvalue weighted by atomic mass is 16.5.